The third-order valence-electron chi connectivity index (χ3n) is 4.17. The number of rotatable bonds is 10. The highest BCUT2D eigenvalue weighted by atomic mass is 31.2. The number of carbonyl (C=O) groups is 2. The molecule has 0 saturated heterocycles. The lowest BCUT2D eigenvalue weighted by atomic mass is 10.1. The van der Waals surface area contributed by atoms with Crippen LogP contribution in [0.2, 0.25) is 0 Å². The van der Waals surface area contributed by atoms with Crippen LogP contribution in [0.25, 0.3) is 0 Å². The van der Waals surface area contributed by atoms with Crippen LogP contribution in [-0.4, -0.2) is 43.0 Å². The molecule has 0 spiro atoms. The molecule has 0 bridgehead atoms. The minimum atomic E-state index is -3.04. The molecule has 2 aromatic rings. The lowest BCUT2D eigenvalue weighted by Gasteiger charge is -2.20. The Bertz CT molecular complexity index is 903. The fourth-order valence-corrected chi connectivity index (χ4v) is 3.91. The first-order chi connectivity index (χ1) is 13.8. The molecule has 0 aliphatic heterocycles. The maximum Gasteiger partial charge on any atom is 0.264 e. The van der Waals surface area contributed by atoms with Gasteiger partial charge in [0.1, 0.15) is 11.5 Å². The average Bonchev–Trinajstić information content (AvgIpc) is 2.73. The van der Waals surface area contributed by atoms with Crippen molar-refractivity contribution in [3.05, 3.63) is 54.1 Å². The molecule has 0 aliphatic rings. The van der Waals surface area contributed by atoms with E-state index in [9.17, 15) is 19.4 Å². The van der Waals surface area contributed by atoms with Crippen LogP contribution in [0.5, 0.6) is 11.5 Å². The number of anilines is 1. The highest BCUT2D eigenvalue weighted by Gasteiger charge is 2.23. The van der Waals surface area contributed by atoms with E-state index in [1.165, 1.54) is 32.2 Å². The van der Waals surface area contributed by atoms with Gasteiger partial charge in [-0.05, 0) is 37.3 Å². The summed E-state index contributed by atoms with van der Waals surface area (Å²) in [5.74, 6) is -0.0941. The quantitative estimate of drug-likeness (QED) is 0.262. The Morgan fingerprint density at radius 1 is 1.17 bits per heavy atom. The minimum Gasteiger partial charge on any atom is -0.496 e. The number of benzene rings is 2. The van der Waals surface area contributed by atoms with Crippen molar-refractivity contribution < 1.29 is 28.6 Å². The zero-order valence-electron chi connectivity index (χ0n) is 16.6. The van der Waals surface area contributed by atoms with E-state index in [1.807, 2.05) is 6.07 Å². The van der Waals surface area contributed by atoms with Gasteiger partial charge in [0, 0.05) is 6.16 Å². The summed E-state index contributed by atoms with van der Waals surface area (Å²) in [6.45, 7) is 2.84. The smallest absolute Gasteiger partial charge is 0.264 e. The van der Waals surface area contributed by atoms with Crippen molar-refractivity contribution in [3.63, 3.8) is 0 Å². The van der Waals surface area contributed by atoms with E-state index in [4.69, 9.17) is 9.26 Å². The Hall–Kier alpha value is -2.67. The number of ether oxygens (including phenoxy) is 1. The summed E-state index contributed by atoms with van der Waals surface area (Å²) in [5.41, 5.74) is 0.374. The van der Waals surface area contributed by atoms with Gasteiger partial charge in [-0.15, -0.1) is 0 Å². The van der Waals surface area contributed by atoms with Gasteiger partial charge in [0.2, 0.25) is 0 Å². The Balaban J connectivity index is 1.98. The van der Waals surface area contributed by atoms with E-state index in [2.05, 4.69) is 5.32 Å². The first-order valence-electron chi connectivity index (χ1n) is 9.04. The Kier molecular flexibility index (Phi) is 7.96. The van der Waals surface area contributed by atoms with Gasteiger partial charge in [-0.1, -0.05) is 25.1 Å². The number of methoxy groups -OCH3 is 1. The molecule has 1 atom stereocenters. The number of Topliss-reactive ketones (excluding diaryl/α,β-unsaturated/α-hetero) is 1. The van der Waals surface area contributed by atoms with Crippen LogP contribution in [0, 0.1) is 0 Å². The molecule has 2 rings (SSSR count). The van der Waals surface area contributed by atoms with Gasteiger partial charge in [0.25, 0.3) is 13.3 Å². The van der Waals surface area contributed by atoms with Crippen molar-refractivity contribution in [2.75, 3.05) is 31.2 Å². The monoisotopic (exact) mass is 420 g/mol. The van der Waals surface area contributed by atoms with Crippen LogP contribution in [0.3, 0.4) is 0 Å². The van der Waals surface area contributed by atoms with Crippen LogP contribution in [0.4, 0.5) is 5.69 Å². The normalized spacial score (nSPS) is 12.7. The molecule has 0 fully saturated rings. The standard InChI is InChI=1S/C20H25N2O6P/c1-4-29(26,28-17-8-6-5-7-9-17)14-21-13-20(24)22(25)16-10-11-19(27-3)18(12-16)15(2)23/h5-12,21,25H,4,13-14H2,1-3H3. The predicted molar refractivity (Wildman–Crippen MR) is 110 cm³/mol. The molecular weight excluding hydrogens is 395 g/mol. The third-order valence-corrected chi connectivity index (χ3v) is 6.38. The van der Waals surface area contributed by atoms with Crippen molar-refractivity contribution >= 4 is 24.7 Å². The highest BCUT2D eigenvalue weighted by Crippen LogP contribution is 2.45. The summed E-state index contributed by atoms with van der Waals surface area (Å²) in [4.78, 5) is 24.0. The van der Waals surface area contributed by atoms with Gasteiger partial charge in [-0.3, -0.25) is 24.7 Å². The molecule has 8 nitrogen and oxygen atoms in total. The van der Waals surface area contributed by atoms with Gasteiger partial charge >= 0.3 is 0 Å². The second kappa shape index (κ2) is 10.2. The number of hydrogen-bond acceptors (Lipinski definition) is 7. The molecule has 0 saturated carbocycles. The molecule has 0 aliphatic carbocycles. The lowest BCUT2D eigenvalue weighted by molar-refractivity contribution is -0.122. The number of para-hydroxylation sites is 1. The van der Waals surface area contributed by atoms with Crippen LogP contribution < -0.4 is 19.6 Å². The molecule has 2 N–H and O–H groups in total. The number of hydrogen-bond donors (Lipinski definition) is 2. The molecule has 0 radical (unpaired) electrons. The van der Waals surface area contributed by atoms with Crippen LogP contribution in [-0.2, 0) is 9.36 Å². The molecule has 0 aromatic heterocycles. The molecule has 0 heterocycles. The number of ketones is 1. The van der Waals surface area contributed by atoms with Crippen LogP contribution >= 0.6 is 7.37 Å². The number of amides is 1. The van der Waals surface area contributed by atoms with Gasteiger partial charge in [-0.25, -0.2) is 0 Å². The third kappa shape index (κ3) is 6.15. The Morgan fingerprint density at radius 2 is 1.86 bits per heavy atom. The van der Waals surface area contributed by atoms with E-state index in [1.54, 1.807) is 31.2 Å². The molecule has 1 unspecified atom stereocenters. The first kappa shape index (κ1) is 22.6. The van der Waals surface area contributed by atoms with Crippen molar-refractivity contribution in [3.8, 4) is 11.5 Å². The summed E-state index contributed by atoms with van der Waals surface area (Å²) < 4.78 is 23.5. The second-order valence-corrected chi connectivity index (χ2v) is 9.03. The van der Waals surface area contributed by atoms with Crippen molar-refractivity contribution in [2.24, 2.45) is 0 Å². The topological polar surface area (TPSA) is 105 Å². The fraction of sp³-hybridized carbons (Fsp3) is 0.300. The molecule has 29 heavy (non-hydrogen) atoms. The number of nitrogens with one attached hydrogen (secondary N) is 1. The summed E-state index contributed by atoms with van der Waals surface area (Å²) in [5, 5.41) is 13.4. The van der Waals surface area contributed by atoms with Gasteiger partial charge in [0.15, 0.2) is 5.78 Å². The number of nitrogens with zero attached hydrogens (tertiary/aromatic N) is 1. The van der Waals surface area contributed by atoms with Crippen molar-refractivity contribution in [1.29, 1.82) is 0 Å². The highest BCUT2D eigenvalue weighted by molar-refractivity contribution is 7.59. The summed E-state index contributed by atoms with van der Waals surface area (Å²) in [6.07, 6.45) is 0.256. The Labute approximate surface area is 169 Å². The summed E-state index contributed by atoms with van der Waals surface area (Å²) in [6, 6.07) is 13.1. The lowest BCUT2D eigenvalue weighted by Crippen LogP contribution is -2.36. The Morgan fingerprint density at radius 3 is 2.45 bits per heavy atom. The van der Waals surface area contributed by atoms with E-state index in [0.29, 0.717) is 16.6 Å². The number of carbonyl (C=O) groups excluding carboxylic acids is 2. The predicted octanol–water partition coefficient (Wildman–Crippen LogP) is 3.54. The zero-order chi connectivity index (χ0) is 21.4. The van der Waals surface area contributed by atoms with E-state index in [0.717, 1.165) is 0 Å². The van der Waals surface area contributed by atoms with Crippen LogP contribution in [0.15, 0.2) is 48.5 Å². The van der Waals surface area contributed by atoms with Gasteiger partial charge in [0.05, 0.1) is 31.2 Å². The van der Waals surface area contributed by atoms with E-state index in [-0.39, 0.29) is 36.0 Å². The average molecular weight is 420 g/mol. The van der Waals surface area contributed by atoms with Crippen LogP contribution in [0.1, 0.15) is 24.2 Å². The van der Waals surface area contributed by atoms with E-state index < -0.39 is 13.3 Å². The fourth-order valence-electron chi connectivity index (χ4n) is 2.54. The maximum absolute atomic E-state index is 12.8. The molecular formula is C20H25N2O6P. The second-order valence-electron chi connectivity index (χ2n) is 6.27. The maximum atomic E-state index is 12.8. The zero-order valence-corrected chi connectivity index (χ0v) is 17.5. The van der Waals surface area contributed by atoms with Crippen molar-refractivity contribution in [2.45, 2.75) is 13.8 Å². The SMILES string of the molecule is CCP(=O)(CNCC(=O)N(O)c1ccc(OC)c(C(C)=O)c1)Oc1ccccc1. The molecule has 1 amide bonds. The first-order valence-corrected chi connectivity index (χ1v) is 11.0. The van der Waals surface area contributed by atoms with Gasteiger partial charge in [-0.2, -0.15) is 5.06 Å². The summed E-state index contributed by atoms with van der Waals surface area (Å²) in [7, 11) is -1.61. The van der Waals surface area contributed by atoms with E-state index >= 15 is 0 Å². The summed E-state index contributed by atoms with van der Waals surface area (Å²) >= 11 is 0. The molecule has 156 valence electrons. The van der Waals surface area contributed by atoms with Crippen molar-refractivity contribution in [1.82, 2.24) is 5.32 Å². The molecule has 9 heteroatoms. The molecule has 2 aromatic carbocycles. The largest absolute Gasteiger partial charge is 0.496 e. The number of hydroxylamine groups is 1. The minimum absolute atomic E-state index is 0.0285. The van der Waals surface area contributed by atoms with Gasteiger partial charge < -0.3 is 9.26 Å².